The number of para-hydroxylation sites is 1. The topological polar surface area (TPSA) is 79.2 Å². The number of anilines is 1. The number of ether oxygens (including phenoxy) is 1. The predicted octanol–water partition coefficient (Wildman–Crippen LogP) is 5.52. The fourth-order valence-electron chi connectivity index (χ4n) is 3.18. The van der Waals surface area contributed by atoms with E-state index in [1.165, 1.54) is 11.8 Å². The van der Waals surface area contributed by atoms with Crippen molar-refractivity contribution < 1.29 is 14.3 Å². The summed E-state index contributed by atoms with van der Waals surface area (Å²) >= 11 is 1.50. The Kier molecular flexibility index (Phi) is 8.07. The molecule has 0 aliphatic carbocycles. The van der Waals surface area contributed by atoms with Gasteiger partial charge in [-0.15, -0.1) is 11.8 Å². The van der Waals surface area contributed by atoms with Crippen molar-refractivity contribution in [1.82, 2.24) is 0 Å². The lowest BCUT2D eigenvalue weighted by Gasteiger charge is -2.13. The summed E-state index contributed by atoms with van der Waals surface area (Å²) in [6.45, 7) is 3.60. The first-order chi connectivity index (χ1) is 15.5. The number of carbonyl (C=O) groups is 2. The standard InChI is InChI=1S/C26H24N2O3S/c1-3-21-8-6-7-18(2)25(21)28-24(29)16-31-26(30)22-9-4-5-10-23(22)32-17-20-13-11-19(15-27)12-14-20/h4-14H,3,16-17H2,1-2H3,(H,28,29). The molecule has 1 amide bonds. The van der Waals surface area contributed by atoms with Gasteiger partial charge in [-0.2, -0.15) is 5.26 Å². The molecule has 3 aromatic carbocycles. The minimum atomic E-state index is -0.538. The molecule has 0 aromatic heterocycles. The summed E-state index contributed by atoms with van der Waals surface area (Å²) in [4.78, 5) is 25.8. The molecule has 0 bridgehead atoms. The van der Waals surface area contributed by atoms with E-state index in [4.69, 9.17) is 10.00 Å². The highest BCUT2D eigenvalue weighted by atomic mass is 32.2. The molecule has 0 saturated carbocycles. The summed E-state index contributed by atoms with van der Waals surface area (Å²) in [6.07, 6.45) is 0.793. The van der Waals surface area contributed by atoms with Crippen molar-refractivity contribution in [3.8, 4) is 6.07 Å². The van der Waals surface area contributed by atoms with Gasteiger partial charge in [0.2, 0.25) is 0 Å². The molecule has 32 heavy (non-hydrogen) atoms. The molecule has 3 rings (SSSR count). The molecule has 0 radical (unpaired) electrons. The Labute approximate surface area is 192 Å². The smallest absolute Gasteiger partial charge is 0.339 e. The summed E-state index contributed by atoms with van der Waals surface area (Å²) in [5, 5.41) is 11.8. The van der Waals surface area contributed by atoms with Gasteiger partial charge in [0.25, 0.3) is 5.91 Å². The predicted molar refractivity (Wildman–Crippen MR) is 127 cm³/mol. The number of thioether (sulfide) groups is 1. The molecule has 0 heterocycles. The molecule has 0 atom stereocenters. The maximum atomic E-state index is 12.7. The molecule has 0 spiro atoms. The highest BCUT2D eigenvalue weighted by Crippen LogP contribution is 2.27. The number of carbonyl (C=O) groups excluding carboxylic acids is 2. The van der Waals surface area contributed by atoms with Crippen molar-refractivity contribution in [3.63, 3.8) is 0 Å². The average Bonchev–Trinajstić information content (AvgIpc) is 2.83. The quantitative estimate of drug-likeness (QED) is 0.366. The zero-order valence-electron chi connectivity index (χ0n) is 18.1. The van der Waals surface area contributed by atoms with Gasteiger partial charge in [-0.05, 0) is 54.3 Å². The molecule has 3 aromatic rings. The lowest BCUT2D eigenvalue weighted by atomic mass is 10.1. The molecule has 0 aliphatic heterocycles. The van der Waals surface area contributed by atoms with E-state index < -0.39 is 5.97 Å². The maximum Gasteiger partial charge on any atom is 0.339 e. The van der Waals surface area contributed by atoms with E-state index in [0.717, 1.165) is 33.7 Å². The Bertz CT molecular complexity index is 1150. The molecule has 1 N–H and O–H groups in total. The lowest BCUT2D eigenvalue weighted by Crippen LogP contribution is -2.22. The van der Waals surface area contributed by atoms with Crippen LogP contribution in [0.5, 0.6) is 0 Å². The van der Waals surface area contributed by atoms with Gasteiger partial charge in [0.1, 0.15) is 0 Å². The van der Waals surface area contributed by atoms with Crippen molar-refractivity contribution in [2.75, 3.05) is 11.9 Å². The maximum absolute atomic E-state index is 12.7. The Morgan fingerprint density at radius 3 is 2.50 bits per heavy atom. The highest BCUT2D eigenvalue weighted by Gasteiger charge is 2.16. The van der Waals surface area contributed by atoms with Crippen LogP contribution in [0.25, 0.3) is 0 Å². The monoisotopic (exact) mass is 444 g/mol. The number of rotatable bonds is 8. The first kappa shape index (κ1) is 23.1. The van der Waals surface area contributed by atoms with E-state index in [1.807, 2.05) is 56.3 Å². The van der Waals surface area contributed by atoms with Crippen LogP contribution in [-0.2, 0) is 21.7 Å². The van der Waals surface area contributed by atoms with Gasteiger partial charge in [-0.3, -0.25) is 4.79 Å². The minimum absolute atomic E-state index is 0.356. The Balaban J connectivity index is 1.61. The molecule has 5 nitrogen and oxygen atoms in total. The Hall–Kier alpha value is -3.56. The van der Waals surface area contributed by atoms with Gasteiger partial charge in [-0.1, -0.05) is 49.4 Å². The summed E-state index contributed by atoms with van der Waals surface area (Å²) in [5.74, 6) is -0.266. The molecule has 0 aliphatic rings. The number of hydrogen-bond acceptors (Lipinski definition) is 5. The summed E-state index contributed by atoms with van der Waals surface area (Å²) < 4.78 is 5.30. The van der Waals surface area contributed by atoms with Crippen LogP contribution in [0.1, 0.15) is 39.5 Å². The van der Waals surface area contributed by atoms with Gasteiger partial charge in [-0.25, -0.2) is 4.79 Å². The molecule has 0 unspecified atom stereocenters. The van der Waals surface area contributed by atoms with E-state index >= 15 is 0 Å². The summed E-state index contributed by atoms with van der Waals surface area (Å²) in [5.41, 5.74) is 4.85. The second-order valence-corrected chi connectivity index (χ2v) is 8.20. The van der Waals surface area contributed by atoms with Crippen molar-refractivity contribution in [2.45, 2.75) is 30.9 Å². The third-order valence-electron chi connectivity index (χ3n) is 4.92. The number of benzene rings is 3. The van der Waals surface area contributed by atoms with E-state index in [0.29, 0.717) is 16.9 Å². The largest absolute Gasteiger partial charge is 0.452 e. The zero-order valence-corrected chi connectivity index (χ0v) is 18.9. The van der Waals surface area contributed by atoms with Crippen LogP contribution in [0.4, 0.5) is 5.69 Å². The first-order valence-electron chi connectivity index (χ1n) is 10.3. The van der Waals surface area contributed by atoms with Crippen LogP contribution in [-0.4, -0.2) is 18.5 Å². The first-order valence-corrected chi connectivity index (χ1v) is 11.3. The van der Waals surface area contributed by atoms with Crippen LogP contribution in [0.3, 0.4) is 0 Å². The van der Waals surface area contributed by atoms with Crippen LogP contribution < -0.4 is 5.32 Å². The SMILES string of the molecule is CCc1cccc(C)c1NC(=O)COC(=O)c1ccccc1SCc1ccc(C#N)cc1. The third kappa shape index (κ3) is 5.99. The van der Waals surface area contributed by atoms with Gasteiger partial charge in [0.05, 0.1) is 17.2 Å². The van der Waals surface area contributed by atoms with Crippen molar-refractivity contribution in [3.05, 3.63) is 94.5 Å². The van der Waals surface area contributed by atoms with Crippen LogP contribution in [0.2, 0.25) is 0 Å². The number of aryl methyl sites for hydroxylation is 2. The zero-order chi connectivity index (χ0) is 22.9. The number of hydrogen-bond donors (Lipinski definition) is 1. The van der Waals surface area contributed by atoms with Gasteiger partial charge in [0.15, 0.2) is 6.61 Å². The molecular weight excluding hydrogens is 420 g/mol. The van der Waals surface area contributed by atoms with Crippen LogP contribution >= 0.6 is 11.8 Å². The van der Waals surface area contributed by atoms with Gasteiger partial charge in [0, 0.05) is 16.3 Å². The van der Waals surface area contributed by atoms with Crippen LogP contribution in [0.15, 0.2) is 71.6 Å². The number of esters is 1. The normalized spacial score (nSPS) is 10.3. The molecule has 0 saturated heterocycles. The second kappa shape index (κ2) is 11.2. The van der Waals surface area contributed by atoms with E-state index in [-0.39, 0.29) is 12.5 Å². The third-order valence-corrected chi connectivity index (χ3v) is 6.07. The van der Waals surface area contributed by atoms with Gasteiger partial charge < -0.3 is 10.1 Å². The fourth-order valence-corrected chi connectivity index (χ4v) is 4.18. The van der Waals surface area contributed by atoms with Crippen molar-refractivity contribution in [2.24, 2.45) is 0 Å². The molecular formula is C26H24N2O3S. The highest BCUT2D eigenvalue weighted by molar-refractivity contribution is 7.98. The average molecular weight is 445 g/mol. The molecule has 162 valence electrons. The van der Waals surface area contributed by atoms with E-state index in [1.54, 1.807) is 24.3 Å². The number of nitrogens with one attached hydrogen (secondary N) is 1. The summed E-state index contributed by atoms with van der Waals surface area (Å²) in [6, 6.07) is 22.5. The number of amides is 1. The fraction of sp³-hybridized carbons (Fsp3) is 0.192. The molecule has 6 heteroatoms. The van der Waals surface area contributed by atoms with Crippen LogP contribution in [0, 0.1) is 18.3 Å². The van der Waals surface area contributed by atoms with Crippen molar-refractivity contribution >= 4 is 29.3 Å². The number of nitrogens with zero attached hydrogens (tertiary/aromatic N) is 1. The number of nitriles is 1. The van der Waals surface area contributed by atoms with E-state index in [9.17, 15) is 9.59 Å². The second-order valence-electron chi connectivity index (χ2n) is 7.18. The molecule has 0 fully saturated rings. The summed E-state index contributed by atoms with van der Waals surface area (Å²) in [7, 11) is 0. The van der Waals surface area contributed by atoms with E-state index in [2.05, 4.69) is 11.4 Å². The van der Waals surface area contributed by atoms with Gasteiger partial charge >= 0.3 is 5.97 Å². The Morgan fingerprint density at radius 1 is 1.03 bits per heavy atom. The van der Waals surface area contributed by atoms with Crippen molar-refractivity contribution in [1.29, 1.82) is 5.26 Å². The minimum Gasteiger partial charge on any atom is -0.452 e. The Morgan fingerprint density at radius 2 is 1.78 bits per heavy atom. The lowest BCUT2D eigenvalue weighted by molar-refractivity contribution is -0.119.